The van der Waals surface area contributed by atoms with Gasteiger partial charge >= 0.3 is 0 Å². The van der Waals surface area contributed by atoms with Crippen LogP contribution in [0.2, 0.25) is 0 Å². The summed E-state index contributed by atoms with van der Waals surface area (Å²) in [6.07, 6.45) is 0.612. The summed E-state index contributed by atoms with van der Waals surface area (Å²) in [6, 6.07) is 1.44. The molecule has 1 rings (SSSR count). The summed E-state index contributed by atoms with van der Waals surface area (Å²) in [6.45, 7) is 6.86. The minimum atomic E-state index is -3.44. The van der Waals surface area contributed by atoms with Crippen molar-refractivity contribution < 1.29 is 8.42 Å². The molecule has 1 heterocycles. The maximum Gasteiger partial charge on any atom is 0.216 e. The van der Waals surface area contributed by atoms with Crippen molar-refractivity contribution in [3.8, 4) is 0 Å². The van der Waals surface area contributed by atoms with E-state index in [1.54, 1.807) is 6.92 Å². The van der Waals surface area contributed by atoms with Gasteiger partial charge in [0.15, 0.2) is 5.03 Å². The predicted octanol–water partition coefficient (Wildman–Crippen LogP) is 1.26. The molecule has 0 aliphatic rings. The number of aromatic nitrogens is 2. The van der Waals surface area contributed by atoms with E-state index in [0.29, 0.717) is 17.9 Å². The van der Waals surface area contributed by atoms with Crippen LogP contribution < -0.4 is 0 Å². The lowest BCUT2D eigenvalue weighted by molar-refractivity contribution is 0.599. The molecule has 5 heteroatoms. The number of nitrogens with zero attached hydrogens (tertiary/aromatic N) is 2. The molecule has 0 fully saturated rings. The minimum Gasteiger partial charge on any atom is -0.238 e. The van der Waals surface area contributed by atoms with E-state index in [0.717, 1.165) is 5.41 Å². The van der Waals surface area contributed by atoms with E-state index < -0.39 is 9.84 Å². The molecule has 0 unspecified atom stereocenters. The monoisotopic (exact) mass is 212 g/mol. The topological polar surface area (TPSA) is 59.9 Å². The van der Waals surface area contributed by atoms with E-state index in [-0.39, 0.29) is 5.03 Å². The third kappa shape index (κ3) is 2.17. The molecular formula is C9H12N2O2S. The van der Waals surface area contributed by atoms with Gasteiger partial charge in [0.05, 0.1) is 0 Å². The number of aryl methyl sites for hydroxylation is 2. The molecule has 0 saturated heterocycles. The van der Waals surface area contributed by atoms with Gasteiger partial charge < -0.3 is 0 Å². The highest BCUT2D eigenvalue weighted by Crippen LogP contribution is 2.10. The van der Waals surface area contributed by atoms with Gasteiger partial charge in [-0.3, -0.25) is 0 Å². The average molecular weight is 212 g/mol. The van der Waals surface area contributed by atoms with Crippen LogP contribution in [0.15, 0.2) is 23.1 Å². The first kappa shape index (κ1) is 10.8. The molecule has 0 amide bonds. The summed E-state index contributed by atoms with van der Waals surface area (Å²) in [4.78, 5) is 8.01. The quantitative estimate of drug-likeness (QED) is 0.708. The van der Waals surface area contributed by atoms with Crippen molar-refractivity contribution in [3.63, 3.8) is 0 Å². The van der Waals surface area contributed by atoms with Gasteiger partial charge in [0, 0.05) is 17.5 Å². The van der Waals surface area contributed by atoms with E-state index in [1.165, 1.54) is 6.07 Å². The van der Waals surface area contributed by atoms with E-state index >= 15 is 0 Å². The van der Waals surface area contributed by atoms with Crippen LogP contribution in [0, 0.1) is 6.92 Å². The second-order valence-corrected chi connectivity index (χ2v) is 4.67. The zero-order valence-corrected chi connectivity index (χ0v) is 9.00. The van der Waals surface area contributed by atoms with Gasteiger partial charge in [-0.2, -0.15) is 0 Å². The van der Waals surface area contributed by atoms with Gasteiger partial charge in [-0.05, 0) is 13.0 Å². The van der Waals surface area contributed by atoms with Crippen molar-refractivity contribution in [1.29, 1.82) is 0 Å². The second-order valence-electron chi connectivity index (χ2n) is 2.83. The Morgan fingerprint density at radius 2 is 2.14 bits per heavy atom. The van der Waals surface area contributed by atoms with Gasteiger partial charge in [-0.15, -0.1) is 0 Å². The zero-order valence-electron chi connectivity index (χ0n) is 8.19. The molecule has 0 atom stereocenters. The largest absolute Gasteiger partial charge is 0.238 e. The van der Waals surface area contributed by atoms with Crippen molar-refractivity contribution in [2.45, 2.75) is 25.3 Å². The molecule has 0 N–H and O–H groups in total. The van der Waals surface area contributed by atoms with E-state index in [9.17, 15) is 8.42 Å². The van der Waals surface area contributed by atoms with Crippen LogP contribution in [-0.2, 0) is 16.3 Å². The van der Waals surface area contributed by atoms with Crippen molar-refractivity contribution >= 4 is 9.84 Å². The maximum atomic E-state index is 11.4. The number of hydrogen-bond donors (Lipinski definition) is 0. The number of hydrogen-bond acceptors (Lipinski definition) is 4. The van der Waals surface area contributed by atoms with Crippen molar-refractivity contribution in [3.05, 3.63) is 29.6 Å². The average Bonchev–Trinajstić information content (AvgIpc) is 2.16. The molecule has 0 aliphatic heterocycles. The summed E-state index contributed by atoms with van der Waals surface area (Å²) in [5, 5.41) is 0.922. The Kier molecular flexibility index (Phi) is 3.00. The Morgan fingerprint density at radius 3 is 2.64 bits per heavy atom. The highest BCUT2D eigenvalue weighted by Gasteiger charge is 2.12. The fourth-order valence-electron chi connectivity index (χ4n) is 0.988. The van der Waals surface area contributed by atoms with Crippen LogP contribution in [0.3, 0.4) is 0 Å². The van der Waals surface area contributed by atoms with Crippen molar-refractivity contribution in [1.82, 2.24) is 9.97 Å². The smallest absolute Gasteiger partial charge is 0.216 e. The third-order valence-electron chi connectivity index (χ3n) is 1.70. The molecule has 0 aliphatic carbocycles. The molecule has 1 aromatic heterocycles. The van der Waals surface area contributed by atoms with Gasteiger partial charge in [0.2, 0.25) is 9.84 Å². The molecule has 76 valence electrons. The lowest BCUT2D eigenvalue weighted by atomic mass is 10.4. The molecule has 0 radical (unpaired) electrons. The minimum absolute atomic E-state index is 0.0249. The Morgan fingerprint density at radius 1 is 1.50 bits per heavy atom. The first-order valence-electron chi connectivity index (χ1n) is 4.21. The maximum absolute atomic E-state index is 11.4. The Bertz CT molecular complexity index is 452. The van der Waals surface area contributed by atoms with E-state index in [2.05, 4.69) is 16.5 Å². The van der Waals surface area contributed by atoms with Crippen LogP contribution in [0.4, 0.5) is 0 Å². The van der Waals surface area contributed by atoms with Crippen LogP contribution in [0.5, 0.6) is 0 Å². The SMILES string of the molecule is C=CS(=O)(=O)c1cc(C)nc(CC)n1. The highest BCUT2D eigenvalue weighted by atomic mass is 32.2. The lowest BCUT2D eigenvalue weighted by Gasteiger charge is -2.02. The number of sulfone groups is 1. The molecule has 1 aromatic rings. The molecule has 14 heavy (non-hydrogen) atoms. The number of rotatable bonds is 3. The third-order valence-corrected chi connectivity index (χ3v) is 2.94. The second kappa shape index (κ2) is 3.88. The van der Waals surface area contributed by atoms with Crippen LogP contribution in [0.25, 0.3) is 0 Å². The molecule has 0 bridgehead atoms. The summed E-state index contributed by atoms with van der Waals surface area (Å²) < 4.78 is 22.8. The van der Waals surface area contributed by atoms with Crippen molar-refractivity contribution in [2.24, 2.45) is 0 Å². The predicted molar refractivity (Wildman–Crippen MR) is 53.5 cm³/mol. The first-order chi connectivity index (χ1) is 6.49. The van der Waals surface area contributed by atoms with E-state index in [1.807, 2.05) is 6.92 Å². The lowest BCUT2D eigenvalue weighted by Crippen LogP contribution is -2.05. The molecule has 0 aromatic carbocycles. The fraction of sp³-hybridized carbons (Fsp3) is 0.333. The summed E-state index contributed by atoms with van der Waals surface area (Å²) in [5.41, 5.74) is 0.650. The van der Waals surface area contributed by atoms with Gasteiger partial charge in [-0.1, -0.05) is 13.5 Å². The van der Waals surface area contributed by atoms with E-state index in [4.69, 9.17) is 0 Å². The van der Waals surface area contributed by atoms with Gasteiger partial charge in [0.1, 0.15) is 5.82 Å². The first-order valence-corrected chi connectivity index (χ1v) is 5.76. The molecule has 4 nitrogen and oxygen atoms in total. The Hall–Kier alpha value is -1.23. The summed E-state index contributed by atoms with van der Waals surface area (Å²) in [7, 11) is -3.44. The van der Waals surface area contributed by atoms with Crippen LogP contribution >= 0.6 is 0 Å². The molecule has 0 saturated carbocycles. The standard InChI is InChI=1S/C9H12N2O2S/c1-4-8-10-7(3)6-9(11-8)14(12,13)5-2/h5-6H,2,4H2,1,3H3. The zero-order chi connectivity index (χ0) is 10.8. The van der Waals surface area contributed by atoms with Gasteiger partial charge in [-0.25, -0.2) is 18.4 Å². The fourth-order valence-corrected chi connectivity index (χ4v) is 1.73. The van der Waals surface area contributed by atoms with Crippen LogP contribution in [-0.4, -0.2) is 18.4 Å². The normalized spacial score (nSPS) is 11.3. The Labute approximate surface area is 83.6 Å². The van der Waals surface area contributed by atoms with Gasteiger partial charge in [0.25, 0.3) is 0 Å². The summed E-state index contributed by atoms with van der Waals surface area (Å²) >= 11 is 0. The molecular weight excluding hydrogens is 200 g/mol. The molecule has 0 spiro atoms. The van der Waals surface area contributed by atoms with Crippen LogP contribution in [0.1, 0.15) is 18.4 Å². The van der Waals surface area contributed by atoms with Crippen molar-refractivity contribution in [2.75, 3.05) is 0 Å². The Balaban J connectivity index is 3.36. The highest BCUT2D eigenvalue weighted by molar-refractivity contribution is 7.94. The summed E-state index contributed by atoms with van der Waals surface area (Å²) in [5.74, 6) is 0.533.